The molecule has 0 spiro atoms. The zero-order chi connectivity index (χ0) is 34.5. The second kappa shape index (κ2) is 14.0. The van der Waals surface area contributed by atoms with E-state index >= 15 is 0 Å². The van der Waals surface area contributed by atoms with Gasteiger partial charge in [-0.2, -0.15) is 0 Å². The van der Waals surface area contributed by atoms with Crippen molar-refractivity contribution >= 4 is 46.5 Å². The summed E-state index contributed by atoms with van der Waals surface area (Å²) < 4.78 is 18.2. The van der Waals surface area contributed by atoms with Crippen molar-refractivity contribution in [1.29, 1.82) is 0 Å². The highest BCUT2D eigenvalue weighted by molar-refractivity contribution is 7.14. The van der Waals surface area contributed by atoms with Crippen molar-refractivity contribution in [3.8, 4) is 11.6 Å². The number of imidazole rings is 2. The van der Waals surface area contributed by atoms with Crippen molar-refractivity contribution in [2.24, 2.45) is 0 Å². The molecule has 1 aromatic carbocycles. The van der Waals surface area contributed by atoms with Gasteiger partial charge in [0.25, 0.3) is 11.8 Å². The van der Waals surface area contributed by atoms with Crippen molar-refractivity contribution in [2.45, 2.75) is 19.3 Å². The molecule has 0 atom stereocenters. The number of nitrogens with one attached hydrogen (secondary N) is 2. The van der Waals surface area contributed by atoms with Crippen molar-refractivity contribution in [3.05, 3.63) is 118 Å². The van der Waals surface area contributed by atoms with Gasteiger partial charge in [0.05, 0.1) is 16.9 Å². The van der Waals surface area contributed by atoms with Crippen LogP contribution in [0.25, 0.3) is 11.6 Å². The minimum atomic E-state index is -1.45. The summed E-state index contributed by atoms with van der Waals surface area (Å²) in [5.41, 5.74) is -0.522. The van der Waals surface area contributed by atoms with Gasteiger partial charge in [0.2, 0.25) is 0 Å². The maximum atomic E-state index is 15.0. The molecule has 0 aliphatic carbocycles. The number of amides is 2. The maximum Gasteiger partial charge on any atom is 0.348 e. The summed E-state index contributed by atoms with van der Waals surface area (Å²) in [7, 11) is 0. The lowest BCUT2D eigenvalue weighted by molar-refractivity contribution is 0.0688. The van der Waals surface area contributed by atoms with Crippen LogP contribution in [0.4, 0.5) is 15.8 Å². The molecule has 5 aromatic heterocycles. The summed E-state index contributed by atoms with van der Waals surface area (Å²) in [4.78, 5) is 57.9. The van der Waals surface area contributed by atoms with Gasteiger partial charge in [-0.25, -0.2) is 23.9 Å². The molecule has 18 heteroatoms. The summed E-state index contributed by atoms with van der Waals surface area (Å²) in [6.45, 7) is 0. The van der Waals surface area contributed by atoms with Gasteiger partial charge in [-0.15, -0.1) is 31.7 Å². The Morgan fingerprint density at radius 3 is 1.82 bits per heavy atom. The van der Waals surface area contributed by atoms with Gasteiger partial charge in [-0.05, 0) is 67.3 Å². The number of thiophene rings is 1. The molecule has 0 bridgehead atoms. The van der Waals surface area contributed by atoms with E-state index in [2.05, 4.69) is 41.0 Å². The smallest absolute Gasteiger partial charge is 0.348 e. The minimum Gasteiger partial charge on any atom is -0.478 e. The molecule has 16 nitrogen and oxygen atoms in total. The number of aromatic nitrogens is 8. The minimum absolute atomic E-state index is 0.0327. The van der Waals surface area contributed by atoms with Gasteiger partial charge in [0.15, 0.2) is 23.0 Å². The molecule has 246 valence electrons. The predicted molar refractivity (Wildman–Crippen MR) is 171 cm³/mol. The van der Waals surface area contributed by atoms with Crippen molar-refractivity contribution < 1.29 is 33.8 Å². The molecule has 6 rings (SSSR count). The lowest BCUT2D eigenvalue weighted by Crippen LogP contribution is -2.18. The zero-order valence-electron chi connectivity index (χ0n) is 25.0. The number of rotatable bonds is 12. The molecule has 6 aromatic rings. The fourth-order valence-corrected chi connectivity index (χ4v) is 5.68. The number of carboxylic acid groups (broad SMARTS) is 2. The summed E-state index contributed by atoms with van der Waals surface area (Å²) in [5, 5.41) is 40.2. The quantitative estimate of drug-likeness (QED) is 0.144. The van der Waals surface area contributed by atoms with E-state index in [0.29, 0.717) is 29.4 Å². The van der Waals surface area contributed by atoms with Gasteiger partial charge in [-0.3, -0.25) is 18.7 Å². The number of hydrogen-bond acceptors (Lipinski definition) is 11. The van der Waals surface area contributed by atoms with Crippen molar-refractivity contribution in [2.75, 3.05) is 10.6 Å². The number of aryl methyl sites for hydroxylation is 2. The van der Waals surface area contributed by atoms with E-state index in [1.54, 1.807) is 40.0 Å². The van der Waals surface area contributed by atoms with Crippen LogP contribution in [0, 0.1) is 5.82 Å². The van der Waals surface area contributed by atoms with E-state index in [1.165, 1.54) is 43.0 Å². The van der Waals surface area contributed by atoms with Crippen LogP contribution < -0.4 is 10.6 Å². The van der Waals surface area contributed by atoms with Crippen molar-refractivity contribution in [1.82, 2.24) is 39.5 Å². The largest absolute Gasteiger partial charge is 0.478 e. The number of aromatic carboxylic acids is 2. The Kier molecular flexibility index (Phi) is 9.20. The molecule has 2 amide bonds. The van der Waals surface area contributed by atoms with Crippen LogP contribution in [0.5, 0.6) is 0 Å². The van der Waals surface area contributed by atoms with E-state index in [0.717, 1.165) is 17.4 Å². The number of hydrogen-bond donors (Lipinski definition) is 4. The highest BCUT2D eigenvalue weighted by Crippen LogP contribution is 2.30. The lowest BCUT2D eigenvalue weighted by Gasteiger charge is -2.12. The van der Waals surface area contributed by atoms with E-state index in [-0.39, 0.29) is 39.6 Å². The zero-order valence-corrected chi connectivity index (χ0v) is 25.8. The molecule has 5 heterocycles. The standard InChI is InChI=1S/C31H23FN10O6S/c32-20-14-19(30(45)46)23(35-28(43)21-4-6-25(39-37-21)41-10-8-33-15-41)12-17(20)2-1-3-18-13-24(27(49-18)31(47)48)36-29(44)22-5-7-26(40-38-22)42-11-9-34-16-42/h4-16H,1-3H2,(H,35,43)(H,36,44)(H,45,46)(H,47,48). The van der Waals surface area contributed by atoms with E-state index in [4.69, 9.17) is 0 Å². The fraction of sp³-hybridized carbons (Fsp3) is 0.0968. The normalized spacial score (nSPS) is 10.9. The fourth-order valence-electron chi connectivity index (χ4n) is 4.69. The first kappa shape index (κ1) is 32.3. The lowest BCUT2D eigenvalue weighted by atomic mass is 10.0. The SMILES string of the molecule is O=C(Nc1cc(CCCc2cc(NC(=O)c3ccc(-n4ccnc4)nn3)c(C(=O)O)s2)c(F)cc1C(=O)O)c1ccc(-n2ccnc2)nn1. The molecule has 0 unspecified atom stereocenters. The number of carbonyl (C=O) groups excluding carboxylic acids is 2. The summed E-state index contributed by atoms with van der Waals surface area (Å²) >= 11 is 0.954. The van der Waals surface area contributed by atoms with Gasteiger partial charge in [0, 0.05) is 29.7 Å². The average Bonchev–Trinajstić information content (AvgIpc) is 3.89. The van der Waals surface area contributed by atoms with Crippen molar-refractivity contribution in [3.63, 3.8) is 0 Å². The third kappa shape index (κ3) is 7.33. The number of nitrogens with zero attached hydrogens (tertiary/aromatic N) is 8. The number of carboxylic acids is 2. The van der Waals surface area contributed by atoms with Gasteiger partial charge in [0.1, 0.15) is 23.3 Å². The third-order valence-corrected chi connectivity index (χ3v) is 8.25. The average molecular weight is 683 g/mol. The van der Waals surface area contributed by atoms with E-state index < -0.39 is 35.1 Å². The van der Waals surface area contributed by atoms with Crippen LogP contribution in [0.3, 0.4) is 0 Å². The second-order valence-electron chi connectivity index (χ2n) is 10.3. The molecular formula is C31H23FN10O6S. The number of anilines is 2. The topological polar surface area (TPSA) is 220 Å². The predicted octanol–water partition coefficient (Wildman–Crippen LogP) is 3.91. The van der Waals surface area contributed by atoms with Crippen LogP contribution in [0.2, 0.25) is 0 Å². The number of benzene rings is 1. The first-order valence-electron chi connectivity index (χ1n) is 14.3. The van der Waals surface area contributed by atoms with E-state index in [9.17, 15) is 33.8 Å². The molecular weight excluding hydrogens is 659 g/mol. The molecule has 0 radical (unpaired) electrons. The molecule has 0 fully saturated rings. The molecule has 0 aliphatic heterocycles. The highest BCUT2D eigenvalue weighted by Gasteiger charge is 2.21. The Hall–Kier alpha value is -6.69. The Labute approximate surface area is 279 Å². The van der Waals surface area contributed by atoms with E-state index in [1.807, 2.05) is 0 Å². The van der Waals surface area contributed by atoms with Crippen LogP contribution in [-0.2, 0) is 12.8 Å². The third-order valence-electron chi connectivity index (χ3n) is 7.06. The van der Waals surface area contributed by atoms with Crippen LogP contribution in [0.15, 0.2) is 79.9 Å². The Balaban J connectivity index is 1.12. The molecule has 0 aliphatic rings. The Morgan fingerprint density at radius 1 is 0.735 bits per heavy atom. The summed E-state index contributed by atoms with van der Waals surface area (Å²) in [6, 6.07) is 9.53. The Morgan fingerprint density at radius 2 is 1.33 bits per heavy atom. The highest BCUT2D eigenvalue weighted by atomic mass is 32.1. The number of carbonyl (C=O) groups is 4. The monoisotopic (exact) mass is 682 g/mol. The Bertz CT molecular complexity index is 2150. The first-order valence-corrected chi connectivity index (χ1v) is 15.2. The summed E-state index contributed by atoms with van der Waals surface area (Å²) in [6.07, 6.45) is 10.2. The molecule has 0 saturated carbocycles. The van der Waals surface area contributed by atoms with Gasteiger partial charge < -0.3 is 20.8 Å². The van der Waals surface area contributed by atoms with Crippen LogP contribution in [-0.4, -0.2) is 73.5 Å². The second-order valence-corrected chi connectivity index (χ2v) is 11.4. The maximum absolute atomic E-state index is 15.0. The summed E-state index contributed by atoms with van der Waals surface area (Å²) in [5.74, 6) is -4.04. The van der Waals surface area contributed by atoms with Crippen LogP contribution >= 0.6 is 11.3 Å². The van der Waals surface area contributed by atoms with Crippen LogP contribution in [0.1, 0.15) is 57.9 Å². The van der Waals surface area contributed by atoms with Gasteiger partial charge in [-0.1, -0.05) is 0 Å². The van der Waals surface area contributed by atoms with Gasteiger partial charge >= 0.3 is 11.9 Å². The first-order chi connectivity index (χ1) is 23.7. The molecule has 4 N–H and O–H groups in total. The molecule has 0 saturated heterocycles. The number of halogens is 1. The molecule has 49 heavy (non-hydrogen) atoms.